The lowest BCUT2D eigenvalue weighted by Crippen LogP contribution is -2.55. The third-order valence-electron chi connectivity index (χ3n) is 3.78. The maximum absolute atomic E-state index is 12.4. The van der Waals surface area contributed by atoms with Crippen molar-refractivity contribution in [3.63, 3.8) is 0 Å². The average Bonchev–Trinajstić information content (AvgIpc) is 2.62. The van der Waals surface area contributed by atoms with Gasteiger partial charge in [-0.05, 0) is 26.0 Å². The van der Waals surface area contributed by atoms with Crippen molar-refractivity contribution < 1.29 is 19.1 Å². The highest BCUT2D eigenvalue weighted by Gasteiger charge is 2.28. The minimum Gasteiger partial charge on any atom is -0.450 e. The van der Waals surface area contributed by atoms with Crippen LogP contribution in [-0.2, 0) is 9.53 Å². The Labute approximate surface area is 140 Å². The Hall–Kier alpha value is -2.64. The lowest BCUT2D eigenvalue weighted by molar-refractivity contribution is -0.134. The Morgan fingerprint density at radius 2 is 1.75 bits per heavy atom. The molecule has 1 aliphatic heterocycles. The molecule has 1 aliphatic rings. The zero-order valence-electron chi connectivity index (χ0n) is 13.9. The first-order valence-corrected chi connectivity index (χ1v) is 7.94. The first kappa shape index (κ1) is 17.7. The van der Waals surface area contributed by atoms with Gasteiger partial charge in [0, 0.05) is 44.1 Å². The SMILES string of the molecule is CCOC(=O)N1CCN(C(=O)[C@H](C)NC(=O)c2ccncc2)CC1. The average molecular weight is 334 g/mol. The topological polar surface area (TPSA) is 91.8 Å². The Bertz CT molecular complexity index is 585. The number of aromatic nitrogens is 1. The van der Waals surface area contributed by atoms with Crippen LogP contribution in [0, 0.1) is 0 Å². The molecule has 3 amide bonds. The second kappa shape index (κ2) is 8.28. The van der Waals surface area contributed by atoms with E-state index in [1.54, 1.807) is 35.8 Å². The van der Waals surface area contributed by atoms with Crippen LogP contribution in [0.15, 0.2) is 24.5 Å². The second-order valence-corrected chi connectivity index (χ2v) is 5.44. The van der Waals surface area contributed by atoms with Crippen molar-refractivity contribution in [3.05, 3.63) is 30.1 Å². The third kappa shape index (κ3) is 4.43. The van der Waals surface area contributed by atoms with Gasteiger partial charge in [-0.1, -0.05) is 0 Å². The predicted octanol–water partition coefficient (Wildman–Crippen LogP) is 0.501. The molecule has 2 heterocycles. The Morgan fingerprint density at radius 3 is 2.33 bits per heavy atom. The van der Waals surface area contributed by atoms with Crippen LogP contribution in [-0.4, -0.2) is 71.5 Å². The molecule has 1 fully saturated rings. The van der Waals surface area contributed by atoms with Crippen molar-refractivity contribution >= 4 is 17.9 Å². The number of carbonyl (C=O) groups excluding carboxylic acids is 3. The maximum atomic E-state index is 12.4. The van der Waals surface area contributed by atoms with E-state index in [1.165, 1.54) is 12.4 Å². The van der Waals surface area contributed by atoms with Crippen LogP contribution in [0.25, 0.3) is 0 Å². The van der Waals surface area contributed by atoms with Gasteiger partial charge >= 0.3 is 6.09 Å². The molecule has 1 atom stereocenters. The molecule has 8 heteroatoms. The minimum atomic E-state index is -0.639. The molecule has 1 aromatic heterocycles. The van der Waals surface area contributed by atoms with Crippen molar-refractivity contribution in [1.82, 2.24) is 20.1 Å². The highest BCUT2D eigenvalue weighted by Crippen LogP contribution is 2.06. The van der Waals surface area contributed by atoms with Crippen LogP contribution in [0.4, 0.5) is 4.79 Å². The highest BCUT2D eigenvalue weighted by molar-refractivity contribution is 5.97. The molecule has 0 unspecified atom stereocenters. The summed E-state index contributed by atoms with van der Waals surface area (Å²) in [5.41, 5.74) is 0.455. The molecular weight excluding hydrogens is 312 g/mol. The standard InChI is InChI=1S/C16H22N4O4/c1-3-24-16(23)20-10-8-19(9-11-20)15(22)12(2)18-14(21)13-4-6-17-7-5-13/h4-7,12H,3,8-11H2,1-2H3,(H,18,21)/t12-/m0/s1. The van der Waals surface area contributed by atoms with Gasteiger partial charge in [0.05, 0.1) is 6.61 Å². The van der Waals surface area contributed by atoms with Gasteiger partial charge in [0.15, 0.2) is 0 Å². The summed E-state index contributed by atoms with van der Waals surface area (Å²) in [6.45, 7) is 5.44. The summed E-state index contributed by atoms with van der Waals surface area (Å²) < 4.78 is 4.95. The fourth-order valence-corrected chi connectivity index (χ4v) is 2.44. The van der Waals surface area contributed by atoms with E-state index in [0.717, 1.165) is 0 Å². The molecular formula is C16H22N4O4. The van der Waals surface area contributed by atoms with E-state index < -0.39 is 6.04 Å². The number of amides is 3. The van der Waals surface area contributed by atoms with Crippen molar-refractivity contribution in [1.29, 1.82) is 0 Å². The quantitative estimate of drug-likeness (QED) is 0.866. The molecule has 0 aliphatic carbocycles. The van der Waals surface area contributed by atoms with Crippen molar-refractivity contribution in [3.8, 4) is 0 Å². The number of piperazine rings is 1. The van der Waals surface area contributed by atoms with E-state index in [1.807, 2.05) is 0 Å². The molecule has 24 heavy (non-hydrogen) atoms. The number of rotatable bonds is 4. The second-order valence-electron chi connectivity index (χ2n) is 5.44. The van der Waals surface area contributed by atoms with Crippen LogP contribution in [0.1, 0.15) is 24.2 Å². The monoisotopic (exact) mass is 334 g/mol. The molecule has 130 valence electrons. The van der Waals surface area contributed by atoms with Gasteiger partial charge in [0.2, 0.25) is 5.91 Å². The van der Waals surface area contributed by atoms with E-state index in [0.29, 0.717) is 38.3 Å². The van der Waals surface area contributed by atoms with Gasteiger partial charge in [-0.2, -0.15) is 0 Å². The molecule has 1 aromatic rings. The lowest BCUT2D eigenvalue weighted by atomic mass is 10.2. The first-order chi connectivity index (χ1) is 11.5. The summed E-state index contributed by atoms with van der Waals surface area (Å²) in [4.78, 5) is 43.2. The van der Waals surface area contributed by atoms with E-state index in [9.17, 15) is 14.4 Å². The van der Waals surface area contributed by atoms with Crippen LogP contribution in [0.5, 0.6) is 0 Å². The number of carbonyl (C=O) groups is 3. The summed E-state index contributed by atoms with van der Waals surface area (Å²) >= 11 is 0. The lowest BCUT2D eigenvalue weighted by Gasteiger charge is -2.35. The normalized spacial score (nSPS) is 15.6. The van der Waals surface area contributed by atoms with E-state index in [-0.39, 0.29) is 17.9 Å². The Morgan fingerprint density at radius 1 is 1.17 bits per heavy atom. The van der Waals surface area contributed by atoms with E-state index in [4.69, 9.17) is 4.74 Å². The third-order valence-corrected chi connectivity index (χ3v) is 3.78. The molecule has 0 saturated carbocycles. The molecule has 0 spiro atoms. The number of pyridine rings is 1. The first-order valence-electron chi connectivity index (χ1n) is 7.94. The summed E-state index contributed by atoms with van der Waals surface area (Å²) in [5.74, 6) is -0.482. The molecule has 0 aromatic carbocycles. The number of hydrogen-bond donors (Lipinski definition) is 1. The molecule has 0 radical (unpaired) electrons. The van der Waals surface area contributed by atoms with E-state index >= 15 is 0 Å². The van der Waals surface area contributed by atoms with Gasteiger partial charge in [-0.3, -0.25) is 14.6 Å². The molecule has 1 N–H and O–H groups in total. The Balaban J connectivity index is 1.84. The molecule has 2 rings (SSSR count). The van der Waals surface area contributed by atoms with Gasteiger partial charge < -0.3 is 19.9 Å². The fourth-order valence-electron chi connectivity index (χ4n) is 2.44. The van der Waals surface area contributed by atoms with Gasteiger partial charge in [0.25, 0.3) is 5.91 Å². The van der Waals surface area contributed by atoms with Crippen LogP contribution < -0.4 is 5.32 Å². The maximum Gasteiger partial charge on any atom is 0.409 e. The zero-order valence-corrected chi connectivity index (χ0v) is 13.9. The molecule has 8 nitrogen and oxygen atoms in total. The smallest absolute Gasteiger partial charge is 0.409 e. The van der Waals surface area contributed by atoms with Gasteiger partial charge in [-0.15, -0.1) is 0 Å². The van der Waals surface area contributed by atoms with Crippen molar-refractivity contribution in [2.24, 2.45) is 0 Å². The molecule has 1 saturated heterocycles. The number of nitrogens with one attached hydrogen (secondary N) is 1. The van der Waals surface area contributed by atoms with Gasteiger partial charge in [0.1, 0.15) is 6.04 Å². The minimum absolute atomic E-state index is 0.166. The molecule has 0 bridgehead atoms. The van der Waals surface area contributed by atoms with Crippen LogP contribution in [0.2, 0.25) is 0 Å². The summed E-state index contributed by atoms with van der Waals surface area (Å²) in [6.07, 6.45) is 2.69. The largest absolute Gasteiger partial charge is 0.450 e. The van der Waals surface area contributed by atoms with Crippen LogP contribution >= 0.6 is 0 Å². The zero-order chi connectivity index (χ0) is 17.5. The predicted molar refractivity (Wildman–Crippen MR) is 86.3 cm³/mol. The summed E-state index contributed by atoms with van der Waals surface area (Å²) in [5, 5.41) is 2.68. The fraction of sp³-hybridized carbons (Fsp3) is 0.500. The summed E-state index contributed by atoms with van der Waals surface area (Å²) in [6, 6.07) is 2.54. The number of ether oxygens (including phenoxy) is 1. The van der Waals surface area contributed by atoms with Crippen molar-refractivity contribution in [2.75, 3.05) is 32.8 Å². The van der Waals surface area contributed by atoms with Crippen LogP contribution in [0.3, 0.4) is 0 Å². The Kier molecular flexibility index (Phi) is 6.11. The summed E-state index contributed by atoms with van der Waals surface area (Å²) in [7, 11) is 0. The number of nitrogens with zero attached hydrogens (tertiary/aromatic N) is 3. The van der Waals surface area contributed by atoms with Crippen molar-refractivity contribution in [2.45, 2.75) is 19.9 Å². The number of hydrogen-bond acceptors (Lipinski definition) is 5. The van der Waals surface area contributed by atoms with Gasteiger partial charge in [-0.25, -0.2) is 4.79 Å². The van der Waals surface area contributed by atoms with E-state index in [2.05, 4.69) is 10.3 Å². The highest BCUT2D eigenvalue weighted by atomic mass is 16.6.